The lowest BCUT2D eigenvalue weighted by Gasteiger charge is -2.26. The van der Waals surface area contributed by atoms with Crippen LogP contribution in [0, 0.1) is 0 Å². The van der Waals surface area contributed by atoms with Crippen molar-refractivity contribution in [3.8, 4) is 11.5 Å². The quantitative estimate of drug-likeness (QED) is 0.691. The van der Waals surface area contributed by atoms with Crippen LogP contribution in [0.3, 0.4) is 0 Å². The second-order valence-electron chi connectivity index (χ2n) is 6.61. The van der Waals surface area contributed by atoms with Gasteiger partial charge in [-0.1, -0.05) is 12.1 Å². The van der Waals surface area contributed by atoms with Gasteiger partial charge in [-0.05, 0) is 35.9 Å². The Balaban J connectivity index is 1.46. The predicted octanol–water partition coefficient (Wildman–Crippen LogP) is 3.16. The monoisotopic (exact) mass is 421 g/mol. The number of hydrogen-bond donors (Lipinski definition) is 0. The lowest BCUT2D eigenvalue weighted by atomic mass is 10.2. The van der Waals surface area contributed by atoms with Crippen LogP contribution in [0.15, 0.2) is 52.3 Å². The molecule has 0 amide bonds. The molecule has 2 aromatic rings. The molecule has 2 aliphatic rings. The summed E-state index contributed by atoms with van der Waals surface area (Å²) in [5, 5.41) is 0. The average Bonchev–Trinajstić information content (AvgIpc) is 2.98. The van der Waals surface area contributed by atoms with Gasteiger partial charge in [0.25, 0.3) is 0 Å². The van der Waals surface area contributed by atoms with Gasteiger partial charge in [0, 0.05) is 30.2 Å². The largest absolute Gasteiger partial charge is 0.490 e. The third-order valence-corrected chi connectivity index (χ3v) is 7.59. The van der Waals surface area contributed by atoms with Gasteiger partial charge in [-0.25, -0.2) is 8.42 Å². The molecule has 4 rings (SSSR count). The van der Waals surface area contributed by atoms with Gasteiger partial charge in [0.15, 0.2) is 11.5 Å². The fourth-order valence-electron chi connectivity index (χ4n) is 3.13. The second-order valence-corrected chi connectivity index (χ2v) is 9.60. The summed E-state index contributed by atoms with van der Waals surface area (Å²) in [4.78, 5) is 1.40. The summed E-state index contributed by atoms with van der Waals surface area (Å²) in [5.41, 5.74) is 0.964. The first-order chi connectivity index (χ1) is 13.6. The molecule has 2 heterocycles. The van der Waals surface area contributed by atoms with E-state index in [1.54, 1.807) is 30.0 Å². The molecule has 1 fully saturated rings. The van der Waals surface area contributed by atoms with E-state index in [1.807, 2.05) is 24.3 Å². The van der Waals surface area contributed by atoms with Crippen LogP contribution in [0.4, 0.5) is 0 Å². The Morgan fingerprint density at radius 2 is 1.71 bits per heavy atom. The van der Waals surface area contributed by atoms with Gasteiger partial charge in [-0.15, -0.1) is 11.8 Å². The fourth-order valence-corrected chi connectivity index (χ4v) is 5.48. The van der Waals surface area contributed by atoms with Crippen molar-refractivity contribution in [3.05, 3.63) is 48.0 Å². The molecule has 150 valence electrons. The van der Waals surface area contributed by atoms with E-state index in [0.29, 0.717) is 50.2 Å². The van der Waals surface area contributed by atoms with Crippen LogP contribution in [-0.2, 0) is 20.5 Å². The van der Waals surface area contributed by atoms with Crippen LogP contribution in [0.2, 0.25) is 0 Å². The Bertz CT molecular complexity index is 926. The lowest BCUT2D eigenvalue weighted by molar-refractivity contribution is 0.0730. The normalized spacial score (nSPS) is 17.9. The van der Waals surface area contributed by atoms with E-state index in [-0.39, 0.29) is 0 Å². The highest BCUT2D eigenvalue weighted by atomic mass is 32.2. The first kappa shape index (κ1) is 19.6. The van der Waals surface area contributed by atoms with Crippen molar-refractivity contribution in [3.63, 3.8) is 0 Å². The van der Waals surface area contributed by atoms with Gasteiger partial charge in [-0.3, -0.25) is 0 Å². The van der Waals surface area contributed by atoms with Crippen molar-refractivity contribution in [2.24, 2.45) is 0 Å². The average molecular weight is 422 g/mol. The van der Waals surface area contributed by atoms with Crippen molar-refractivity contribution in [1.29, 1.82) is 0 Å². The van der Waals surface area contributed by atoms with Crippen molar-refractivity contribution in [2.45, 2.75) is 22.0 Å². The summed E-state index contributed by atoms with van der Waals surface area (Å²) in [6.45, 7) is 3.02. The van der Waals surface area contributed by atoms with Crippen LogP contribution in [0.1, 0.15) is 12.0 Å². The van der Waals surface area contributed by atoms with E-state index in [9.17, 15) is 8.42 Å². The highest BCUT2D eigenvalue weighted by molar-refractivity contribution is 7.98. The summed E-state index contributed by atoms with van der Waals surface area (Å²) >= 11 is 1.64. The number of sulfonamides is 1. The molecule has 28 heavy (non-hydrogen) atoms. The standard InChI is InChI=1S/C20H23NO5S2/c22-28(23,21-7-11-24-12-8-21)18-4-1-3-16(13-18)15-27-17-5-6-19-20(14-17)26-10-2-9-25-19/h1,3-6,13-14H,2,7-12,15H2. The minimum atomic E-state index is -3.48. The topological polar surface area (TPSA) is 65.1 Å². The van der Waals surface area contributed by atoms with E-state index >= 15 is 0 Å². The number of hydrogen-bond acceptors (Lipinski definition) is 6. The van der Waals surface area contributed by atoms with E-state index in [4.69, 9.17) is 14.2 Å². The molecule has 2 aliphatic heterocycles. The summed E-state index contributed by atoms with van der Waals surface area (Å²) < 4.78 is 43.8. The molecule has 0 aromatic heterocycles. The summed E-state index contributed by atoms with van der Waals surface area (Å²) in [6, 6.07) is 13.1. The zero-order chi connectivity index (χ0) is 19.4. The van der Waals surface area contributed by atoms with Crippen molar-refractivity contribution in [1.82, 2.24) is 4.31 Å². The Kier molecular flexibility index (Phi) is 6.10. The van der Waals surface area contributed by atoms with Crippen molar-refractivity contribution < 1.29 is 22.6 Å². The number of ether oxygens (including phenoxy) is 3. The highest BCUT2D eigenvalue weighted by Crippen LogP contribution is 2.35. The van der Waals surface area contributed by atoms with Gasteiger partial charge < -0.3 is 14.2 Å². The predicted molar refractivity (Wildman–Crippen MR) is 108 cm³/mol. The van der Waals surface area contributed by atoms with Crippen LogP contribution in [0.5, 0.6) is 11.5 Å². The van der Waals surface area contributed by atoms with E-state index in [2.05, 4.69) is 0 Å². The first-order valence-corrected chi connectivity index (χ1v) is 11.7. The number of fused-ring (bicyclic) bond motifs is 1. The molecule has 0 bridgehead atoms. The van der Waals surface area contributed by atoms with Crippen LogP contribution < -0.4 is 9.47 Å². The fraction of sp³-hybridized carbons (Fsp3) is 0.400. The second kappa shape index (κ2) is 8.73. The zero-order valence-corrected chi connectivity index (χ0v) is 17.1. The number of benzene rings is 2. The first-order valence-electron chi connectivity index (χ1n) is 9.32. The van der Waals surface area contributed by atoms with Crippen LogP contribution in [-0.4, -0.2) is 52.2 Å². The van der Waals surface area contributed by atoms with E-state index in [1.165, 1.54) is 4.31 Å². The van der Waals surface area contributed by atoms with Gasteiger partial charge in [0.1, 0.15) is 0 Å². The van der Waals surface area contributed by atoms with Gasteiger partial charge in [0.05, 0.1) is 31.3 Å². The van der Waals surface area contributed by atoms with E-state index < -0.39 is 10.0 Å². The molecule has 6 nitrogen and oxygen atoms in total. The molecule has 0 aliphatic carbocycles. The number of morpholine rings is 1. The molecule has 2 aromatic carbocycles. The molecule has 0 spiro atoms. The SMILES string of the molecule is O=S(=O)(c1cccc(CSc2ccc3c(c2)OCCCO3)c1)N1CCOCC1. The zero-order valence-electron chi connectivity index (χ0n) is 15.5. The van der Waals surface area contributed by atoms with Crippen molar-refractivity contribution >= 4 is 21.8 Å². The summed E-state index contributed by atoms with van der Waals surface area (Å²) in [6.07, 6.45) is 0.877. The van der Waals surface area contributed by atoms with Crippen LogP contribution >= 0.6 is 11.8 Å². The summed E-state index contributed by atoms with van der Waals surface area (Å²) in [5.74, 6) is 2.22. The number of thioether (sulfide) groups is 1. The van der Waals surface area contributed by atoms with E-state index in [0.717, 1.165) is 28.4 Å². The molecule has 1 saturated heterocycles. The third-order valence-electron chi connectivity index (χ3n) is 4.63. The Hall–Kier alpha value is -1.74. The molecule has 0 radical (unpaired) electrons. The van der Waals surface area contributed by atoms with Gasteiger partial charge in [-0.2, -0.15) is 4.31 Å². The smallest absolute Gasteiger partial charge is 0.243 e. The Labute approximate surface area is 169 Å². The molecule has 0 unspecified atom stereocenters. The molecule has 0 N–H and O–H groups in total. The van der Waals surface area contributed by atoms with Crippen molar-refractivity contribution in [2.75, 3.05) is 39.5 Å². The molecule has 8 heteroatoms. The number of nitrogens with zero attached hydrogens (tertiary/aromatic N) is 1. The molecular formula is C20H23NO5S2. The maximum absolute atomic E-state index is 12.8. The highest BCUT2D eigenvalue weighted by Gasteiger charge is 2.26. The third kappa shape index (κ3) is 4.46. The minimum Gasteiger partial charge on any atom is -0.490 e. The van der Waals surface area contributed by atoms with Crippen LogP contribution in [0.25, 0.3) is 0 Å². The molecular weight excluding hydrogens is 398 g/mol. The van der Waals surface area contributed by atoms with Gasteiger partial charge in [0.2, 0.25) is 10.0 Å². The van der Waals surface area contributed by atoms with Gasteiger partial charge >= 0.3 is 0 Å². The maximum atomic E-state index is 12.8. The molecule has 0 saturated carbocycles. The number of rotatable bonds is 5. The Morgan fingerprint density at radius 3 is 2.54 bits per heavy atom. The maximum Gasteiger partial charge on any atom is 0.243 e. The lowest BCUT2D eigenvalue weighted by Crippen LogP contribution is -2.40. The summed E-state index contributed by atoms with van der Waals surface area (Å²) in [7, 11) is -3.48. The minimum absolute atomic E-state index is 0.339. The molecule has 0 atom stereocenters. The Morgan fingerprint density at radius 1 is 0.929 bits per heavy atom.